The fourth-order valence-electron chi connectivity index (χ4n) is 0.810. The van der Waals surface area contributed by atoms with Crippen molar-refractivity contribution in [3.63, 3.8) is 0 Å². The third-order valence-electron chi connectivity index (χ3n) is 1.61. The van der Waals surface area contributed by atoms with Crippen LogP contribution >= 0.6 is 0 Å². The summed E-state index contributed by atoms with van der Waals surface area (Å²) in [6.45, 7) is 2.88. The van der Waals surface area contributed by atoms with E-state index in [1.165, 1.54) is 13.8 Å². The molecule has 0 aromatic heterocycles. The Morgan fingerprint density at radius 1 is 1.25 bits per heavy atom. The van der Waals surface area contributed by atoms with Crippen LogP contribution in [0.5, 0.6) is 0 Å². The quantitative estimate of drug-likeness (QED) is 0.531. The molecule has 0 spiro atoms. The lowest BCUT2D eigenvalue weighted by Crippen LogP contribution is -2.17. The second-order valence-corrected chi connectivity index (χ2v) is 2.43. The van der Waals surface area contributed by atoms with Gasteiger partial charge in [0.25, 0.3) is 5.70 Å². The van der Waals surface area contributed by atoms with Gasteiger partial charge in [-0.05, 0) is 6.92 Å². The van der Waals surface area contributed by atoms with Gasteiger partial charge in [0.1, 0.15) is 0 Å². The van der Waals surface area contributed by atoms with Gasteiger partial charge in [0.15, 0.2) is 0 Å². The summed E-state index contributed by atoms with van der Waals surface area (Å²) in [6, 6.07) is 0. The van der Waals surface area contributed by atoms with Crippen molar-refractivity contribution < 1.29 is 13.2 Å². The van der Waals surface area contributed by atoms with E-state index in [-0.39, 0.29) is 5.57 Å². The van der Waals surface area contributed by atoms with Crippen LogP contribution in [0.4, 0.5) is 13.2 Å². The number of rotatable bonds is 0. The molecule has 1 aliphatic heterocycles. The zero-order valence-corrected chi connectivity index (χ0v) is 6.58. The smallest absolute Gasteiger partial charge is 0.166 e. The predicted octanol–water partition coefficient (Wildman–Crippen LogP) is 1.87. The molecule has 3 radical (unpaired) electrons. The minimum Gasteiger partial charge on any atom is -0.166 e. The fraction of sp³-hybridized carbons (Fsp3) is 0.375. The van der Waals surface area contributed by atoms with Crippen molar-refractivity contribution >= 4 is 6.21 Å². The molecule has 1 nitrogen and oxygen atoms in total. The van der Waals surface area contributed by atoms with Crippen molar-refractivity contribution in [2.24, 2.45) is 0 Å². The molecule has 0 bridgehead atoms. The number of aliphatic imine (C=N–C) groups is 1. The summed E-state index contributed by atoms with van der Waals surface area (Å²) in [5.41, 5.74) is -0.336. The molecule has 1 heterocycles. The van der Waals surface area contributed by atoms with Gasteiger partial charge in [0.05, 0.1) is 16.6 Å². The SMILES string of the molecule is CC1=C(C)C(C(F)(F)F)=[C][C]=[N+]1. The van der Waals surface area contributed by atoms with Gasteiger partial charge < -0.3 is 0 Å². The molecule has 0 aromatic rings. The first-order chi connectivity index (χ1) is 5.43. The normalized spacial score (nSPS) is 18.2. The van der Waals surface area contributed by atoms with E-state index in [2.05, 4.69) is 11.2 Å². The highest BCUT2D eigenvalue weighted by molar-refractivity contribution is 5.71. The standard InChI is InChI=1S/C8H6F3N/c1-5-6(2)12-4-3-7(5)8(9,10)11/h1-2H3/q+1. The van der Waals surface area contributed by atoms with Crippen LogP contribution in [-0.2, 0) is 0 Å². The van der Waals surface area contributed by atoms with Crippen molar-refractivity contribution in [3.8, 4) is 0 Å². The summed E-state index contributed by atoms with van der Waals surface area (Å²) < 4.78 is 36.4. The molecule has 0 unspecified atom stereocenters. The molecule has 0 atom stereocenters. The van der Waals surface area contributed by atoms with Crippen molar-refractivity contribution in [3.05, 3.63) is 22.9 Å². The highest BCUT2D eigenvalue weighted by Crippen LogP contribution is 2.32. The lowest BCUT2D eigenvalue weighted by molar-refractivity contribution is -0.0897. The maximum absolute atomic E-state index is 12.1. The lowest BCUT2D eigenvalue weighted by atomic mass is 10.0. The molecule has 0 saturated heterocycles. The van der Waals surface area contributed by atoms with Crippen LogP contribution in [-0.4, -0.2) is 12.4 Å². The summed E-state index contributed by atoms with van der Waals surface area (Å²) in [6.07, 6.45) is -0.315. The van der Waals surface area contributed by atoms with Gasteiger partial charge in [-0.15, -0.1) is 0 Å². The van der Waals surface area contributed by atoms with E-state index in [9.17, 15) is 13.2 Å². The summed E-state index contributed by atoms with van der Waals surface area (Å²) in [5.74, 6) is 0. The number of halogens is 3. The van der Waals surface area contributed by atoms with Crippen molar-refractivity contribution in [2.45, 2.75) is 20.0 Å². The van der Waals surface area contributed by atoms with Crippen molar-refractivity contribution in [1.29, 1.82) is 0 Å². The maximum Gasteiger partial charge on any atom is 0.417 e. The van der Waals surface area contributed by atoms with Crippen molar-refractivity contribution in [1.82, 2.24) is 4.99 Å². The monoisotopic (exact) mass is 173 g/mol. The van der Waals surface area contributed by atoms with Gasteiger partial charge in [0.2, 0.25) is 0 Å². The van der Waals surface area contributed by atoms with Gasteiger partial charge in [0, 0.05) is 12.5 Å². The van der Waals surface area contributed by atoms with Crippen LogP contribution in [0.3, 0.4) is 0 Å². The minimum atomic E-state index is -4.35. The second kappa shape index (κ2) is 2.77. The van der Waals surface area contributed by atoms with Gasteiger partial charge in [-0.3, -0.25) is 0 Å². The maximum atomic E-state index is 12.1. The number of nitrogens with zero attached hydrogens (tertiary/aromatic N) is 1. The Morgan fingerprint density at radius 2 is 1.83 bits per heavy atom. The Kier molecular flexibility index (Phi) is 2.08. The third-order valence-corrected chi connectivity index (χ3v) is 1.61. The molecule has 63 valence electrons. The molecule has 1 aliphatic rings. The van der Waals surface area contributed by atoms with Crippen LogP contribution in [0.25, 0.3) is 0 Å². The number of hydrogen-bond donors (Lipinski definition) is 0. The average Bonchev–Trinajstić information content (AvgIpc) is 1.92. The zero-order chi connectivity index (χ0) is 9.35. The molecule has 1 rings (SSSR count). The topological polar surface area (TPSA) is 14.1 Å². The fourth-order valence-corrected chi connectivity index (χ4v) is 0.810. The first-order valence-corrected chi connectivity index (χ1v) is 3.26. The largest absolute Gasteiger partial charge is 0.417 e. The second-order valence-electron chi connectivity index (χ2n) is 2.43. The molecule has 0 amide bonds. The molecule has 0 aliphatic carbocycles. The summed E-state index contributed by atoms with van der Waals surface area (Å²) in [5, 5.41) is 0. The Hall–Kier alpha value is -1.06. The predicted molar refractivity (Wildman–Crippen MR) is 38.3 cm³/mol. The van der Waals surface area contributed by atoms with Gasteiger partial charge in [-0.25, -0.2) is 0 Å². The molecule has 0 N–H and O–H groups in total. The van der Waals surface area contributed by atoms with Crippen LogP contribution in [0.1, 0.15) is 13.8 Å². The Balaban J connectivity index is 3.11. The Morgan fingerprint density at radius 3 is 2.25 bits per heavy atom. The first kappa shape index (κ1) is 9.03. The van der Waals surface area contributed by atoms with E-state index in [1.54, 1.807) is 0 Å². The Bertz CT molecular complexity index is 281. The lowest BCUT2D eigenvalue weighted by Gasteiger charge is -2.09. The summed E-state index contributed by atoms with van der Waals surface area (Å²) in [7, 11) is 0. The van der Waals surface area contributed by atoms with E-state index in [0.29, 0.717) is 5.70 Å². The van der Waals surface area contributed by atoms with Crippen molar-refractivity contribution in [2.75, 3.05) is 0 Å². The Labute approximate surface area is 68.3 Å². The van der Waals surface area contributed by atoms with E-state index in [0.717, 1.165) is 0 Å². The number of alkyl halides is 3. The number of hydrogen-bond acceptors (Lipinski definition) is 1. The first-order valence-electron chi connectivity index (χ1n) is 3.26. The molecular formula is C8H6F3N+. The molecular weight excluding hydrogens is 167 g/mol. The molecule has 12 heavy (non-hydrogen) atoms. The molecule has 0 fully saturated rings. The van der Waals surface area contributed by atoms with Gasteiger partial charge >= 0.3 is 12.4 Å². The van der Waals surface area contributed by atoms with Crippen LogP contribution in [0, 0.1) is 6.08 Å². The van der Waals surface area contributed by atoms with E-state index < -0.39 is 11.7 Å². The number of allylic oxidation sites excluding steroid dienone is 4. The molecule has 0 saturated carbocycles. The van der Waals surface area contributed by atoms with Crippen LogP contribution < -0.4 is 4.99 Å². The average molecular weight is 173 g/mol. The van der Waals surface area contributed by atoms with Gasteiger partial charge in [-0.2, -0.15) is 13.2 Å². The van der Waals surface area contributed by atoms with Gasteiger partial charge in [-0.1, -0.05) is 0 Å². The summed E-state index contributed by atoms with van der Waals surface area (Å²) >= 11 is 0. The molecule has 0 aromatic carbocycles. The molecule has 4 heteroatoms. The zero-order valence-electron chi connectivity index (χ0n) is 6.58. The third kappa shape index (κ3) is 1.57. The van der Waals surface area contributed by atoms with Crippen LogP contribution in [0.15, 0.2) is 16.8 Å². The van der Waals surface area contributed by atoms with E-state index in [4.69, 9.17) is 0 Å². The highest BCUT2D eigenvalue weighted by atomic mass is 19.4. The minimum absolute atomic E-state index is 0.112. The summed E-state index contributed by atoms with van der Waals surface area (Å²) in [4.78, 5) is 3.57. The highest BCUT2D eigenvalue weighted by Gasteiger charge is 2.38. The van der Waals surface area contributed by atoms with E-state index in [1.807, 2.05) is 6.08 Å². The van der Waals surface area contributed by atoms with Crippen LogP contribution in [0.2, 0.25) is 0 Å². The van der Waals surface area contributed by atoms with E-state index >= 15 is 0 Å².